The van der Waals surface area contributed by atoms with Crippen LogP contribution in [0.1, 0.15) is 18.4 Å². The average Bonchev–Trinajstić information content (AvgIpc) is 3.59. The first-order valence-corrected chi connectivity index (χ1v) is 14.0. The number of fused-ring (bicyclic) bond motifs is 1. The molecule has 3 aromatic rings. The summed E-state index contributed by atoms with van der Waals surface area (Å²) in [5, 5.41) is 2.40. The number of amides is 4. The van der Waals surface area contributed by atoms with E-state index in [1.165, 1.54) is 19.2 Å². The van der Waals surface area contributed by atoms with Crippen LogP contribution in [0.25, 0.3) is 11.0 Å². The van der Waals surface area contributed by atoms with Crippen LogP contribution in [0.15, 0.2) is 58.0 Å². The van der Waals surface area contributed by atoms with E-state index in [0.29, 0.717) is 6.42 Å². The molecule has 1 aromatic heterocycles. The maximum absolute atomic E-state index is 13.6. The van der Waals surface area contributed by atoms with Gasteiger partial charge in [-0.3, -0.25) is 19.4 Å². The molecule has 218 valence electrons. The number of halogens is 4. The number of sulfonamides is 1. The van der Waals surface area contributed by atoms with Gasteiger partial charge in [0.25, 0.3) is 10.0 Å². The predicted molar refractivity (Wildman–Crippen MR) is 137 cm³/mol. The van der Waals surface area contributed by atoms with Crippen LogP contribution in [-0.4, -0.2) is 68.2 Å². The number of furan rings is 1. The zero-order chi connectivity index (χ0) is 29.7. The van der Waals surface area contributed by atoms with Gasteiger partial charge in [-0.15, -0.1) is 0 Å². The molecule has 2 aliphatic heterocycles. The quantitative estimate of drug-likeness (QED) is 0.435. The van der Waals surface area contributed by atoms with Gasteiger partial charge in [-0.1, -0.05) is 0 Å². The first-order chi connectivity index (χ1) is 19.3. The molecule has 0 spiro atoms. The standard InChI is InChI=1S/C26H24F4N4O6S/c1-32-24(36)16(14-33(25(32)37)19-7-4-17(5-8-19)26(28,29)30)13-31-23(35)20-3-2-10-34(20)41(38,39)22-12-15-11-18(27)6-9-21(15)40-22/h4-9,11-12,16,20H,2-3,10,13-14H2,1H3,(H,31,35)/t16?,20-/m0/s1. The molecule has 41 heavy (non-hydrogen) atoms. The van der Waals surface area contributed by atoms with Gasteiger partial charge < -0.3 is 9.73 Å². The Morgan fingerprint density at radius 3 is 2.49 bits per heavy atom. The monoisotopic (exact) mass is 596 g/mol. The van der Waals surface area contributed by atoms with Crippen molar-refractivity contribution >= 4 is 44.5 Å². The topological polar surface area (TPSA) is 120 Å². The molecule has 5 rings (SSSR count). The number of anilines is 1. The summed E-state index contributed by atoms with van der Waals surface area (Å²) in [6.07, 6.45) is -3.98. The minimum absolute atomic E-state index is 0.0348. The van der Waals surface area contributed by atoms with Crippen molar-refractivity contribution in [2.75, 3.05) is 31.6 Å². The average molecular weight is 597 g/mol. The molecule has 1 unspecified atom stereocenters. The number of rotatable bonds is 6. The highest BCUT2D eigenvalue weighted by Crippen LogP contribution is 2.33. The van der Waals surface area contributed by atoms with Crippen LogP contribution >= 0.6 is 0 Å². The van der Waals surface area contributed by atoms with Gasteiger partial charge in [0.15, 0.2) is 0 Å². The maximum atomic E-state index is 13.6. The molecule has 2 saturated heterocycles. The number of imide groups is 1. The van der Waals surface area contributed by atoms with E-state index in [1.54, 1.807) is 0 Å². The smallest absolute Gasteiger partial charge is 0.416 e. The number of urea groups is 1. The predicted octanol–water partition coefficient (Wildman–Crippen LogP) is 3.57. The van der Waals surface area contributed by atoms with Crippen molar-refractivity contribution in [1.29, 1.82) is 0 Å². The normalized spacial score (nSPS) is 20.7. The van der Waals surface area contributed by atoms with Gasteiger partial charge in [0.2, 0.25) is 16.9 Å². The van der Waals surface area contributed by atoms with Gasteiger partial charge in [-0.25, -0.2) is 17.6 Å². The van der Waals surface area contributed by atoms with Crippen LogP contribution in [0.4, 0.5) is 28.0 Å². The number of carbonyl (C=O) groups excluding carboxylic acids is 3. The molecular weight excluding hydrogens is 572 g/mol. The van der Waals surface area contributed by atoms with E-state index >= 15 is 0 Å². The van der Waals surface area contributed by atoms with E-state index in [4.69, 9.17) is 4.42 Å². The molecule has 0 aliphatic carbocycles. The van der Waals surface area contributed by atoms with E-state index in [9.17, 15) is 40.4 Å². The Balaban J connectivity index is 1.29. The van der Waals surface area contributed by atoms with Crippen molar-refractivity contribution < 1.29 is 44.8 Å². The number of hydrogen-bond donors (Lipinski definition) is 1. The first kappa shape index (κ1) is 28.5. The fraction of sp³-hybridized carbons (Fsp3) is 0.346. The molecular formula is C26H24F4N4O6S. The number of hydrogen-bond acceptors (Lipinski definition) is 6. The highest BCUT2D eigenvalue weighted by Gasteiger charge is 2.43. The van der Waals surface area contributed by atoms with Crippen molar-refractivity contribution in [2.45, 2.75) is 30.2 Å². The molecule has 2 fully saturated rings. The van der Waals surface area contributed by atoms with Gasteiger partial charge in [-0.05, 0) is 55.3 Å². The molecule has 1 N–H and O–H groups in total. The molecule has 2 aliphatic rings. The van der Waals surface area contributed by atoms with Crippen LogP contribution in [0.3, 0.4) is 0 Å². The molecule has 2 aromatic carbocycles. The van der Waals surface area contributed by atoms with E-state index in [0.717, 1.165) is 50.5 Å². The lowest BCUT2D eigenvalue weighted by Gasteiger charge is -2.37. The number of carbonyl (C=O) groups is 3. The Hall–Kier alpha value is -3.98. The lowest BCUT2D eigenvalue weighted by atomic mass is 10.0. The zero-order valence-corrected chi connectivity index (χ0v) is 22.3. The van der Waals surface area contributed by atoms with E-state index in [1.807, 2.05) is 0 Å². The molecule has 0 saturated carbocycles. The van der Waals surface area contributed by atoms with Gasteiger partial charge in [-0.2, -0.15) is 17.5 Å². The molecule has 4 amide bonds. The fourth-order valence-electron chi connectivity index (χ4n) is 4.99. The van der Waals surface area contributed by atoms with E-state index in [-0.39, 0.29) is 42.7 Å². The Labute approximate surface area is 231 Å². The summed E-state index contributed by atoms with van der Waals surface area (Å²) in [4.78, 5) is 40.6. The second-order valence-electron chi connectivity index (χ2n) is 9.80. The SMILES string of the molecule is CN1C(=O)C(CNC(=O)[C@@H]2CCCN2S(=O)(=O)c2cc3cc(F)ccc3o2)CN(c2ccc(C(F)(F)F)cc2)C1=O. The van der Waals surface area contributed by atoms with Crippen molar-refractivity contribution in [3.63, 3.8) is 0 Å². The third kappa shape index (κ3) is 5.38. The van der Waals surface area contributed by atoms with Crippen LogP contribution < -0.4 is 10.2 Å². The van der Waals surface area contributed by atoms with Crippen LogP contribution in [-0.2, 0) is 25.8 Å². The van der Waals surface area contributed by atoms with E-state index < -0.39 is 62.5 Å². The van der Waals surface area contributed by atoms with E-state index in [2.05, 4.69) is 5.32 Å². The Kier molecular flexibility index (Phi) is 7.27. The lowest BCUT2D eigenvalue weighted by molar-refractivity contribution is -0.137. The number of benzene rings is 2. The largest absolute Gasteiger partial charge is 0.443 e. The third-order valence-electron chi connectivity index (χ3n) is 7.15. The lowest BCUT2D eigenvalue weighted by Crippen LogP contribution is -2.58. The molecule has 2 atom stereocenters. The summed E-state index contributed by atoms with van der Waals surface area (Å²) in [5.41, 5.74) is -0.598. The highest BCUT2D eigenvalue weighted by atomic mass is 32.2. The number of alkyl halides is 3. The van der Waals surface area contributed by atoms with Crippen molar-refractivity contribution in [1.82, 2.24) is 14.5 Å². The summed E-state index contributed by atoms with van der Waals surface area (Å²) in [5.74, 6) is -2.78. The van der Waals surface area contributed by atoms with Crippen molar-refractivity contribution in [3.05, 3.63) is 59.9 Å². The van der Waals surface area contributed by atoms with Gasteiger partial charge >= 0.3 is 12.2 Å². The minimum atomic E-state index is -4.56. The van der Waals surface area contributed by atoms with Crippen LogP contribution in [0.2, 0.25) is 0 Å². The molecule has 15 heteroatoms. The number of nitrogens with one attached hydrogen (secondary N) is 1. The second kappa shape index (κ2) is 10.4. The van der Waals surface area contributed by atoms with Crippen molar-refractivity contribution in [2.24, 2.45) is 5.92 Å². The van der Waals surface area contributed by atoms with Gasteiger partial charge in [0, 0.05) is 43.8 Å². The highest BCUT2D eigenvalue weighted by molar-refractivity contribution is 7.89. The summed E-state index contributed by atoms with van der Waals surface area (Å²) in [6.45, 7) is -0.427. The molecule has 10 nitrogen and oxygen atoms in total. The summed E-state index contributed by atoms with van der Waals surface area (Å²) in [7, 11) is -3.04. The summed E-state index contributed by atoms with van der Waals surface area (Å²) in [6, 6.07) is 6.78. The van der Waals surface area contributed by atoms with Gasteiger partial charge in [0.05, 0.1) is 11.5 Å². The fourth-order valence-corrected chi connectivity index (χ4v) is 6.60. The Morgan fingerprint density at radius 2 is 1.80 bits per heavy atom. The number of nitrogens with zero attached hydrogens (tertiary/aromatic N) is 3. The Morgan fingerprint density at radius 1 is 1.10 bits per heavy atom. The van der Waals surface area contributed by atoms with Gasteiger partial charge in [0.1, 0.15) is 17.4 Å². The third-order valence-corrected chi connectivity index (χ3v) is 8.92. The molecule has 0 bridgehead atoms. The summed E-state index contributed by atoms with van der Waals surface area (Å²) >= 11 is 0. The maximum Gasteiger partial charge on any atom is 0.416 e. The molecule has 0 radical (unpaired) electrons. The summed E-state index contributed by atoms with van der Waals surface area (Å²) < 4.78 is 85.4. The van der Waals surface area contributed by atoms with Crippen molar-refractivity contribution in [3.8, 4) is 0 Å². The Bertz CT molecular complexity index is 1620. The molecule has 3 heterocycles. The van der Waals surface area contributed by atoms with Crippen LogP contribution in [0, 0.1) is 11.7 Å². The first-order valence-electron chi connectivity index (χ1n) is 12.5. The van der Waals surface area contributed by atoms with Crippen LogP contribution in [0.5, 0.6) is 0 Å². The zero-order valence-electron chi connectivity index (χ0n) is 21.5. The minimum Gasteiger partial charge on any atom is -0.443 e. The second-order valence-corrected chi connectivity index (χ2v) is 11.6.